The monoisotopic (exact) mass is 466 g/mol. The highest BCUT2D eigenvalue weighted by Gasteiger charge is 2.11. The Morgan fingerprint density at radius 1 is 1.09 bits per heavy atom. The molecule has 0 aliphatic carbocycles. The van der Waals surface area contributed by atoms with Crippen molar-refractivity contribution in [1.82, 2.24) is 19.4 Å². The molecular weight excluding hydrogens is 444 g/mol. The maximum Gasteiger partial charge on any atom is 0.331 e. The van der Waals surface area contributed by atoms with Crippen LogP contribution >= 0.6 is 22.7 Å². The predicted octanol–water partition coefficient (Wildman–Crippen LogP) is 2.91. The van der Waals surface area contributed by atoms with Crippen molar-refractivity contribution >= 4 is 28.6 Å². The van der Waals surface area contributed by atoms with E-state index < -0.39 is 11.2 Å². The maximum absolute atomic E-state index is 12.7. The molecule has 3 aromatic heterocycles. The van der Waals surface area contributed by atoms with Crippen molar-refractivity contribution in [3.8, 4) is 10.6 Å². The van der Waals surface area contributed by atoms with Crippen LogP contribution in [0.25, 0.3) is 10.6 Å². The molecule has 0 saturated heterocycles. The van der Waals surface area contributed by atoms with E-state index in [0.29, 0.717) is 19.5 Å². The molecule has 1 aromatic carbocycles. The number of aromatic nitrogens is 3. The van der Waals surface area contributed by atoms with E-state index in [-0.39, 0.29) is 12.5 Å². The fraction of sp³-hybridized carbons (Fsp3) is 0.217. The van der Waals surface area contributed by atoms with Crippen LogP contribution in [0, 0.1) is 6.92 Å². The number of nitrogens with zero attached hydrogens (tertiary/aromatic N) is 3. The number of carbonyl (C=O) groups is 1. The van der Waals surface area contributed by atoms with Crippen LogP contribution in [0.15, 0.2) is 69.7 Å². The van der Waals surface area contributed by atoms with Crippen LogP contribution in [-0.4, -0.2) is 26.6 Å². The second-order valence-corrected chi connectivity index (χ2v) is 9.48. The van der Waals surface area contributed by atoms with Gasteiger partial charge in [-0.05, 0) is 31.0 Å². The molecule has 0 aliphatic rings. The van der Waals surface area contributed by atoms with Gasteiger partial charge in [-0.2, -0.15) is 0 Å². The van der Waals surface area contributed by atoms with Gasteiger partial charge in [0.05, 0.1) is 22.1 Å². The molecule has 32 heavy (non-hydrogen) atoms. The molecule has 9 heteroatoms. The number of rotatable bonds is 8. The molecule has 0 saturated carbocycles. The Bertz CT molecular complexity index is 1340. The first-order chi connectivity index (χ1) is 15.5. The summed E-state index contributed by atoms with van der Waals surface area (Å²) in [5.74, 6) is -0.367. The highest BCUT2D eigenvalue weighted by Crippen LogP contribution is 2.29. The first-order valence-electron chi connectivity index (χ1n) is 10.1. The smallest absolute Gasteiger partial charge is 0.331 e. The Morgan fingerprint density at radius 3 is 2.66 bits per heavy atom. The highest BCUT2D eigenvalue weighted by molar-refractivity contribution is 7.16. The Labute approximate surface area is 192 Å². The lowest BCUT2D eigenvalue weighted by molar-refractivity contribution is -0.121. The fourth-order valence-corrected chi connectivity index (χ4v) is 4.91. The number of amides is 1. The summed E-state index contributed by atoms with van der Waals surface area (Å²) in [7, 11) is 0. The third-order valence-corrected chi connectivity index (χ3v) is 6.80. The molecule has 164 valence electrons. The molecule has 0 bridgehead atoms. The number of thiophene rings is 1. The Kier molecular flexibility index (Phi) is 6.77. The van der Waals surface area contributed by atoms with E-state index in [9.17, 15) is 14.4 Å². The highest BCUT2D eigenvalue weighted by atomic mass is 32.1. The number of thiazole rings is 1. The average Bonchev–Trinajstić information content (AvgIpc) is 3.43. The lowest BCUT2D eigenvalue weighted by Crippen LogP contribution is -2.43. The molecule has 0 fully saturated rings. The molecule has 0 unspecified atom stereocenters. The van der Waals surface area contributed by atoms with Gasteiger partial charge in [0.15, 0.2) is 0 Å². The largest absolute Gasteiger partial charge is 0.354 e. The molecule has 0 aliphatic heterocycles. The van der Waals surface area contributed by atoms with Crippen LogP contribution in [0.1, 0.15) is 15.4 Å². The predicted molar refractivity (Wildman–Crippen MR) is 127 cm³/mol. The van der Waals surface area contributed by atoms with Crippen LogP contribution in [0.2, 0.25) is 0 Å². The van der Waals surface area contributed by atoms with Crippen molar-refractivity contribution in [3.05, 3.63) is 96.4 Å². The summed E-state index contributed by atoms with van der Waals surface area (Å²) in [5.41, 5.74) is 0.921. The molecular formula is C23H22N4O3S2. The quantitative estimate of drug-likeness (QED) is 0.433. The zero-order valence-electron chi connectivity index (χ0n) is 17.5. The van der Waals surface area contributed by atoms with Crippen molar-refractivity contribution in [2.24, 2.45) is 0 Å². The van der Waals surface area contributed by atoms with Gasteiger partial charge in [-0.3, -0.25) is 18.7 Å². The van der Waals surface area contributed by atoms with Gasteiger partial charge >= 0.3 is 5.69 Å². The summed E-state index contributed by atoms with van der Waals surface area (Å²) < 4.78 is 2.39. The lowest BCUT2D eigenvalue weighted by Gasteiger charge is -2.10. The Morgan fingerprint density at radius 2 is 1.91 bits per heavy atom. The van der Waals surface area contributed by atoms with Crippen LogP contribution in [0.3, 0.4) is 0 Å². The van der Waals surface area contributed by atoms with Gasteiger partial charge in [0.25, 0.3) is 5.56 Å². The summed E-state index contributed by atoms with van der Waals surface area (Å²) >= 11 is 3.27. The van der Waals surface area contributed by atoms with Gasteiger partial charge in [-0.25, -0.2) is 9.78 Å². The van der Waals surface area contributed by atoms with Crippen molar-refractivity contribution in [2.45, 2.75) is 26.4 Å². The summed E-state index contributed by atoms with van der Waals surface area (Å²) in [4.78, 5) is 44.0. The van der Waals surface area contributed by atoms with E-state index in [1.165, 1.54) is 16.8 Å². The van der Waals surface area contributed by atoms with Crippen LogP contribution in [0.5, 0.6) is 0 Å². The first kappa shape index (κ1) is 21.9. The van der Waals surface area contributed by atoms with Crippen molar-refractivity contribution < 1.29 is 4.79 Å². The second-order valence-electron chi connectivity index (χ2n) is 7.25. The molecule has 3 heterocycles. The average molecular weight is 467 g/mol. The second kappa shape index (κ2) is 9.88. The molecule has 1 N–H and O–H groups in total. The molecule has 0 spiro atoms. The molecule has 7 nitrogen and oxygen atoms in total. The molecule has 0 radical (unpaired) electrons. The number of nitrogens with one attached hydrogen (secondary N) is 1. The normalized spacial score (nSPS) is 10.9. The molecule has 0 atom stereocenters. The molecule has 1 amide bonds. The third-order valence-electron chi connectivity index (χ3n) is 4.86. The summed E-state index contributed by atoms with van der Waals surface area (Å²) in [6.45, 7) is 2.43. The lowest BCUT2D eigenvalue weighted by atomic mass is 10.2. The van der Waals surface area contributed by atoms with Crippen LogP contribution in [0.4, 0.5) is 0 Å². The van der Waals surface area contributed by atoms with Gasteiger partial charge in [0, 0.05) is 29.1 Å². The number of benzene rings is 1. The topological polar surface area (TPSA) is 86.0 Å². The van der Waals surface area contributed by atoms with Gasteiger partial charge in [0.1, 0.15) is 6.54 Å². The van der Waals surface area contributed by atoms with E-state index in [4.69, 9.17) is 0 Å². The zero-order chi connectivity index (χ0) is 22.5. The van der Waals surface area contributed by atoms with E-state index in [1.54, 1.807) is 22.7 Å². The molecule has 4 rings (SSSR count). The Hall–Kier alpha value is -3.30. The van der Waals surface area contributed by atoms with E-state index in [0.717, 1.165) is 30.6 Å². The minimum absolute atomic E-state index is 0.304. The van der Waals surface area contributed by atoms with Gasteiger partial charge in [-0.1, -0.05) is 30.3 Å². The van der Waals surface area contributed by atoms with Crippen molar-refractivity contribution in [3.63, 3.8) is 0 Å². The van der Waals surface area contributed by atoms with Crippen LogP contribution < -0.4 is 16.6 Å². The number of hydrogen-bond acceptors (Lipinski definition) is 6. The summed E-state index contributed by atoms with van der Waals surface area (Å²) in [6, 6.07) is 14.9. The van der Waals surface area contributed by atoms with Crippen LogP contribution in [-0.2, 0) is 24.3 Å². The standard InChI is InChI=1S/C23H22N4O3S2/c1-16-25-19(15-31-16)20-8-7-18(32-20)9-11-24-21(28)14-27-22(29)10-12-26(23(27)30)13-17-5-3-2-4-6-17/h2-8,10,12,15H,9,11,13-14H2,1H3,(H,24,28). The summed E-state index contributed by atoms with van der Waals surface area (Å²) in [6.07, 6.45) is 2.13. The van der Waals surface area contributed by atoms with Gasteiger partial charge in [-0.15, -0.1) is 22.7 Å². The summed E-state index contributed by atoms with van der Waals surface area (Å²) in [5, 5.41) is 5.87. The fourth-order valence-electron chi connectivity index (χ4n) is 3.25. The van der Waals surface area contributed by atoms with E-state index in [2.05, 4.69) is 10.3 Å². The number of carbonyl (C=O) groups excluding carboxylic acids is 1. The minimum Gasteiger partial charge on any atom is -0.354 e. The zero-order valence-corrected chi connectivity index (χ0v) is 19.1. The molecule has 4 aromatic rings. The number of hydrogen-bond donors (Lipinski definition) is 1. The minimum atomic E-state index is -0.502. The number of aryl methyl sites for hydroxylation is 1. The van der Waals surface area contributed by atoms with E-state index in [1.807, 2.05) is 54.8 Å². The maximum atomic E-state index is 12.7. The van der Waals surface area contributed by atoms with Crippen molar-refractivity contribution in [1.29, 1.82) is 0 Å². The van der Waals surface area contributed by atoms with E-state index >= 15 is 0 Å². The first-order valence-corrected chi connectivity index (χ1v) is 11.8. The van der Waals surface area contributed by atoms with Gasteiger partial charge < -0.3 is 5.32 Å². The van der Waals surface area contributed by atoms with Gasteiger partial charge in [0.2, 0.25) is 5.91 Å². The SMILES string of the molecule is Cc1nc(-c2ccc(CCNC(=O)Cn3c(=O)ccn(Cc4ccccc4)c3=O)s2)cs1. The van der Waals surface area contributed by atoms with Crippen molar-refractivity contribution in [2.75, 3.05) is 6.54 Å². The Balaban J connectivity index is 1.35. The third kappa shape index (κ3) is 5.30.